The summed E-state index contributed by atoms with van der Waals surface area (Å²) >= 11 is 0. The summed E-state index contributed by atoms with van der Waals surface area (Å²) in [5.41, 5.74) is 6.16. The fourth-order valence-corrected chi connectivity index (χ4v) is 1.44. The molecule has 1 unspecified atom stereocenters. The lowest BCUT2D eigenvalue weighted by Crippen LogP contribution is -2.35. The molecule has 7 nitrogen and oxygen atoms in total. The van der Waals surface area contributed by atoms with Gasteiger partial charge in [0.2, 0.25) is 5.91 Å². The van der Waals surface area contributed by atoms with Crippen molar-refractivity contribution in [1.29, 1.82) is 0 Å². The summed E-state index contributed by atoms with van der Waals surface area (Å²) in [6.45, 7) is 1.79. The Bertz CT molecular complexity index is 416. The van der Waals surface area contributed by atoms with Gasteiger partial charge in [-0.3, -0.25) is 14.3 Å². The molecule has 0 spiro atoms. The van der Waals surface area contributed by atoms with Crippen molar-refractivity contribution >= 4 is 17.6 Å². The number of hydrogen-bond donors (Lipinski definition) is 3. The monoisotopic (exact) mass is 254 g/mol. The van der Waals surface area contributed by atoms with Crippen molar-refractivity contribution in [2.45, 2.75) is 38.8 Å². The maximum absolute atomic E-state index is 11.7. The zero-order chi connectivity index (χ0) is 13.5. The standard InChI is InChI=1S/C11H18N4O3/c1-2-3-4-9(12)11(18)14-8-5-13-15(6-8)7-10(16)17/h5-6,9H,2-4,7,12H2,1H3,(H,14,18)(H,16,17). The number of carbonyl (C=O) groups excluding carboxylic acids is 1. The van der Waals surface area contributed by atoms with Crippen LogP contribution in [0.1, 0.15) is 26.2 Å². The zero-order valence-electron chi connectivity index (χ0n) is 10.3. The summed E-state index contributed by atoms with van der Waals surface area (Å²) in [5, 5.41) is 15.0. The summed E-state index contributed by atoms with van der Waals surface area (Å²) in [4.78, 5) is 22.1. The molecule has 0 aliphatic rings. The van der Waals surface area contributed by atoms with Gasteiger partial charge >= 0.3 is 5.97 Å². The Morgan fingerprint density at radius 1 is 1.61 bits per heavy atom. The van der Waals surface area contributed by atoms with Crippen molar-refractivity contribution in [3.63, 3.8) is 0 Å². The zero-order valence-corrected chi connectivity index (χ0v) is 10.3. The number of carboxylic acid groups (broad SMARTS) is 1. The third kappa shape index (κ3) is 4.54. The van der Waals surface area contributed by atoms with Gasteiger partial charge in [-0.1, -0.05) is 19.8 Å². The maximum atomic E-state index is 11.7. The van der Waals surface area contributed by atoms with Gasteiger partial charge < -0.3 is 16.2 Å². The van der Waals surface area contributed by atoms with E-state index in [1.54, 1.807) is 0 Å². The van der Waals surface area contributed by atoms with Crippen LogP contribution in [0.3, 0.4) is 0 Å². The molecule has 18 heavy (non-hydrogen) atoms. The van der Waals surface area contributed by atoms with Crippen LogP contribution in [-0.2, 0) is 16.1 Å². The Morgan fingerprint density at radius 3 is 2.94 bits per heavy atom. The number of anilines is 1. The molecule has 0 aliphatic carbocycles. The molecule has 7 heteroatoms. The van der Waals surface area contributed by atoms with Crippen molar-refractivity contribution in [3.8, 4) is 0 Å². The van der Waals surface area contributed by atoms with E-state index in [0.717, 1.165) is 12.8 Å². The minimum Gasteiger partial charge on any atom is -0.480 e. The molecule has 1 rings (SSSR count). The minimum atomic E-state index is -0.990. The third-order valence-electron chi connectivity index (χ3n) is 2.40. The Kier molecular flexibility index (Phi) is 5.31. The van der Waals surface area contributed by atoms with Gasteiger partial charge in [-0.15, -0.1) is 0 Å². The largest absolute Gasteiger partial charge is 0.480 e. The molecule has 0 bridgehead atoms. The van der Waals surface area contributed by atoms with Gasteiger partial charge in [-0.25, -0.2) is 0 Å². The fraction of sp³-hybridized carbons (Fsp3) is 0.545. The second-order valence-electron chi connectivity index (χ2n) is 4.06. The maximum Gasteiger partial charge on any atom is 0.325 e. The van der Waals surface area contributed by atoms with Crippen LogP contribution in [0.15, 0.2) is 12.4 Å². The molecule has 1 heterocycles. The minimum absolute atomic E-state index is 0.238. The number of carboxylic acids is 1. The number of hydrogen-bond acceptors (Lipinski definition) is 4. The summed E-state index contributed by atoms with van der Waals surface area (Å²) in [6.07, 6.45) is 5.36. The van der Waals surface area contributed by atoms with Crippen LogP contribution < -0.4 is 11.1 Å². The Labute approximate surface area is 105 Å². The molecule has 0 saturated carbocycles. The van der Waals surface area contributed by atoms with Crippen molar-refractivity contribution in [2.75, 3.05) is 5.32 Å². The van der Waals surface area contributed by atoms with Gasteiger partial charge in [0.15, 0.2) is 0 Å². The topological polar surface area (TPSA) is 110 Å². The van der Waals surface area contributed by atoms with E-state index in [1.807, 2.05) is 6.92 Å². The summed E-state index contributed by atoms with van der Waals surface area (Å²) in [5.74, 6) is -1.27. The van der Waals surface area contributed by atoms with Crippen LogP contribution in [0.4, 0.5) is 5.69 Å². The van der Waals surface area contributed by atoms with Crippen LogP contribution in [0.25, 0.3) is 0 Å². The number of nitrogens with one attached hydrogen (secondary N) is 1. The van der Waals surface area contributed by atoms with E-state index < -0.39 is 12.0 Å². The smallest absolute Gasteiger partial charge is 0.325 e. The Balaban J connectivity index is 2.48. The third-order valence-corrected chi connectivity index (χ3v) is 2.40. The molecule has 0 radical (unpaired) electrons. The van der Waals surface area contributed by atoms with Gasteiger partial charge in [0.25, 0.3) is 0 Å². The van der Waals surface area contributed by atoms with E-state index in [1.165, 1.54) is 17.1 Å². The highest BCUT2D eigenvalue weighted by molar-refractivity contribution is 5.94. The van der Waals surface area contributed by atoms with E-state index in [2.05, 4.69) is 10.4 Å². The van der Waals surface area contributed by atoms with Gasteiger partial charge in [-0.2, -0.15) is 5.10 Å². The molecular formula is C11H18N4O3. The molecule has 0 aliphatic heterocycles. The summed E-state index contributed by atoms with van der Waals surface area (Å²) in [7, 11) is 0. The van der Waals surface area contributed by atoms with Gasteiger partial charge in [-0.05, 0) is 6.42 Å². The SMILES string of the molecule is CCCCC(N)C(=O)Nc1cnn(CC(=O)O)c1. The highest BCUT2D eigenvalue weighted by Gasteiger charge is 2.13. The lowest BCUT2D eigenvalue weighted by Gasteiger charge is -2.09. The quantitative estimate of drug-likeness (QED) is 0.653. The predicted molar refractivity (Wildman–Crippen MR) is 66.0 cm³/mol. The Morgan fingerprint density at radius 2 is 2.33 bits per heavy atom. The van der Waals surface area contributed by atoms with E-state index in [4.69, 9.17) is 10.8 Å². The first-order chi connectivity index (χ1) is 8.52. The molecule has 1 atom stereocenters. The fourth-order valence-electron chi connectivity index (χ4n) is 1.44. The van der Waals surface area contributed by atoms with Crippen LogP contribution in [0.5, 0.6) is 0 Å². The molecule has 100 valence electrons. The van der Waals surface area contributed by atoms with Crippen molar-refractivity contribution < 1.29 is 14.7 Å². The number of aromatic nitrogens is 2. The lowest BCUT2D eigenvalue weighted by atomic mass is 10.1. The second-order valence-corrected chi connectivity index (χ2v) is 4.06. The first-order valence-electron chi connectivity index (χ1n) is 5.83. The van der Waals surface area contributed by atoms with E-state index >= 15 is 0 Å². The molecule has 0 saturated heterocycles. The number of nitrogens with two attached hydrogens (primary N) is 1. The molecule has 1 aromatic rings. The van der Waals surface area contributed by atoms with Crippen molar-refractivity contribution in [1.82, 2.24) is 9.78 Å². The number of nitrogens with zero attached hydrogens (tertiary/aromatic N) is 2. The average Bonchev–Trinajstić information content (AvgIpc) is 2.72. The molecular weight excluding hydrogens is 236 g/mol. The highest BCUT2D eigenvalue weighted by atomic mass is 16.4. The predicted octanol–water partition coefficient (Wildman–Crippen LogP) is 0.424. The van der Waals surface area contributed by atoms with Crippen LogP contribution in [-0.4, -0.2) is 32.8 Å². The second kappa shape index (κ2) is 6.75. The van der Waals surface area contributed by atoms with Gasteiger partial charge in [0, 0.05) is 6.20 Å². The number of carbonyl (C=O) groups is 2. The summed E-state index contributed by atoms with van der Waals surface area (Å²) in [6, 6.07) is -0.548. The molecule has 1 amide bonds. The Hall–Kier alpha value is -1.89. The van der Waals surface area contributed by atoms with Crippen LogP contribution in [0, 0.1) is 0 Å². The number of rotatable bonds is 7. The van der Waals surface area contributed by atoms with Gasteiger partial charge in [0.05, 0.1) is 17.9 Å². The van der Waals surface area contributed by atoms with E-state index in [9.17, 15) is 9.59 Å². The van der Waals surface area contributed by atoms with E-state index in [0.29, 0.717) is 12.1 Å². The van der Waals surface area contributed by atoms with E-state index in [-0.39, 0.29) is 12.5 Å². The average molecular weight is 254 g/mol. The van der Waals surface area contributed by atoms with Crippen molar-refractivity contribution in [2.24, 2.45) is 5.73 Å². The number of unbranched alkanes of at least 4 members (excludes halogenated alkanes) is 1. The lowest BCUT2D eigenvalue weighted by molar-refractivity contribution is -0.137. The van der Waals surface area contributed by atoms with Crippen molar-refractivity contribution in [3.05, 3.63) is 12.4 Å². The molecule has 1 aromatic heterocycles. The van der Waals surface area contributed by atoms with Crippen LogP contribution in [0.2, 0.25) is 0 Å². The normalized spacial score (nSPS) is 12.1. The molecule has 0 fully saturated rings. The molecule has 4 N–H and O–H groups in total. The first kappa shape index (κ1) is 14.2. The first-order valence-corrected chi connectivity index (χ1v) is 5.83. The number of aliphatic carboxylic acids is 1. The molecule has 0 aromatic carbocycles. The number of amides is 1. The summed E-state index contributed by atoms with van der Waals surface area (Å²) < 4.78 is 1.23. The highest BCUT2D eigenvalue weighted by Crippen LogP contribution is 2.07. The van der Waals surface area contributed by atoms with Crippen LogP contribution >= 0.6 is 0 Å². The van der Waals surface area contributed by atoms with Gasteiger partial charge in [0.1, 0.15) is 6.54 Å².